The third-order valence-corrected chi connectivity index (χ3v) is 12.6. The van der Waals surface area contributed by atoms with Crippen molar-refractivity contribution in [1.82, 2.24) is 0 Å². The molecule has 9 heteroatoms. The van der Waals surface area contributed by atoms with Gasteiger partial charge in [0.05, 0.1) is 26.2 Å². The molecular weight excluding hydrogens is 540 g/mol. The SMILES string of the molecule is C=CCOC(=O)O[C@@H]1C=C[C@H]([C@@H](C)O[Si](c2ccccc2)(c2ccccc2)C(C)(C)C)[C@@H](C(=O)OC)[C@@H]1C(=O)OC. The minimum Gasteiger partial charge on any atom is -0.469 e. The summed E-state index contributed by atoms with van der Waals surface area (Å²) in [5.74, 6) is -4.18. The third-order valence-electron chi connectivity index (χ3n) is 7.50. The van der Waals surface area contributed by atoms with Gasteiger partial charge in [0.15, 0.2) is 0 Å². The van der Waals surface area contributed by atoms with E-state index in [4.69, 9.17) is 23.4 Å². The molecular formula is C32H40O8Si. The highest BCUT2D eigenvalue weighted by Gasteiger charge is 2.55. The average molecular weight is 581 g/mol. The summed E-state index contributed by atoms with van der Waals surface area (Å²) in [6.07, 6.45) is 2.09. The van der Waals surface area contributed by atoms with Crippen molar-refractivity contribution in [2.45, 2.75) is 44.9 Å². The number of benzene rings is 2. The second kappa shape index (κ2) is 13.8. The van der Waals surface area contributed by atoms with Gasteiger partial charge in [-0.3, -0.25) is 9.59 Å². The van der Waals surface area contributed by atoms with E-state index in [-0.39, 0.29) is 11.6 Å². The van der Waals surface area contributed by atoms with Gasteiger partial charge in [-0.15, -0.1) is 0 Å². The van der Waals surface area contributed by atoms with Crippen molar-refractivity contribution >= 4 is 36.8 Å². The molecule has 0 bridgehead atoms. The Morgan fingerprint density at radius 3 is 1.85 bits per heavy atom. The number of carbonyl (C=O) groups excluding carboxylic acids is 3. The highest BCUT2D eigenvalue weighted by atomic mass is 28.4. The van der Waals surface area contributed by atoms with Crippen molar-refractivity contribution in [1.29, 1.82) is 0 Å². The van der Waals surface area contributed by atoms with E-state index in [0.29, 0.717) is 0 Å². The summed E-state index contributed by atoms with van der Waals surface area (Å²) in [5, 5.41) is 1.84. The first-order valence-electron chi connectivity index (χ1n) is 13.6. The maximum absolute atomic E-state index is 13.3. The number of hydrogen-bond donors (Lipinski definition) is 0. The van der Waals surface area contributed by atoms with Gasteiger partial charge in [0.1, 0.15) is 18.6 Å². The van der Waals surface area contributed by atoms with Gasteiger partial charge in [0, 0.05) is 5.92 Å². The van der Waals surface area contributed by atoms with E-state index >= 15 is 0 Å². The second-order valence-electron chi connectivity index (χ2n) is 11.0. The van der Waals surface area contributed by atoms with Crippen LogP contribution in [0.15, 0.2) is 85.5 Å². The molecule has 41 heavy (non-hydrogen) atoms. The number of carbonyl (C=O) groups is 3. The molecule has 0 radical (unpaired) electrons. The highest BCUT2D eigenvalue weighted by Crippen LogP contribution is 2.42. The van der Waals surface area contributed by atoms with Crippen LogP contribution < -0.4 is 10.4 Å². The zero-order chi connectivity index (χ0) is 30.2. The molecule has 2 aromatic rings. The van der Waals surface area contributed by atoms with Crippen LogP contribution in [-0.2, 0) is 33.0 Å². The Kier molecular flexibility index (Phi) is 10.7. The summed E-state index contributed by atoms with van der Waals surface area (Å²) in [7, 11) is -0.524. The zero-order valence-corrected chi connectivity index (χ0v) is 25.6. The second-order valence-corrected chi connectivity index (χ2v) is 15.2. The molecule has 0 heterocycles. The molecule has 1 aliphatic carbocycles. The molecule has 0 spiro atoms. The topological polar surface area (TPSA) is 97.4 Å². The molecule has 0 aliphatic heterocycles. The molecule has 0 fully saturated rings. The summed E-state index contributed by atoms with van der Waals surface area (Å²) >= 11 is 0. The van der Waals surface area contributed by atoms with Crippen molar-refractivity contribution in [2.24, 2.45) is 17.8 Å². The molecule has 2 aromatic carbocycles. The highest BCUT2D eigenvalue weighted by molar-refractivity contribution is 6.99. The minimum atomic E-state index is -3.00. The average Bonchev–Trinajstić information content (AvgIpc) is 2.97. The van der Waals surface area contributed by atoms with Crippen LogP contribution in [0.4, 0.5) is 4.79 Å². The van der Waals surface area contributed by atoms with Crippen LogP contribution in [0.25, 0.3) is 0 Å². The van der Waals surface area contributed by atoms with Gasteiger partial charge < -0.3 is 23.4 Å². The quantitative estimate of drug-likeness (QED) is 0.176. The van der Waals surface area contributed by atoms with Gasteiger partial charge in [0.2, 0.25) is 0 Å². The van der Waals surface area contributed by atoms with Gasteiger partial charge in [-0.25, -0.2) is 4.79 Å². The van der Waals surface area contributed by atoms with Crippen molar-refractivity contribution < 1.29 is 37.8 Å². The van der Waals surface area contributed by atoms with Gasteiger partial charge in [-0.05, 0) is 28.4 Å². The van der Waals surface area contributed by atoms with Crippen LogP contribution in [0.1, 0.15) is 27.7 Å². The number of methoxy groups -OCH3 is 2. The lowest BCUT2D eigenvalue weighted by atomic mass is 9.72. The summed E-state index contributed by atoms with van der Waals surface area (Å²) in [4.78, 5) is 38.7. The summed E-state index contributed by atoms with van der Waals surface area (Å²) < 4.78 is 27.9. The smallest absolute Gasteiger partial charge is 0.469 e. The van der Waals surface area contributed by atoms with Gasteiger partial charge in [-0.1, -0.05) is 100 Å². The Morgan fingerprint density at radius 1 is 0.878 bits per heavy atom. The van der Waals surface area contributed by atoms with E-state index in [9.17, 15) is 14.4 Å². The standard InChI is InChI=1S/C32H40O8Si/c1-8-21-38-31(35)39-26-20-19-25(27(29(33)36-6)28(26)30(34)37-7)22(2)40-41(32(3,4)5,23-15-11-9-12-16-23)24-17-13-10-14-18-24/h8-20,22,25-28H,1,21H2,2-7H3/t22-,25-,26-,27-,28-/m1/s1. The van der Waals surface area contributed by atoms with Gasteiger partial charge in [0.25, 0.3) is 8.32 Å². The van der Waals surface area contributed by atoms with Crippen LogP contribution in [0.2, 0.25) is 5.04 Å². The van der Waals surface area contributed by atoms with Crippen molar-refractivity contribution in [3.63, 3.8) is 0 Å². The molecule has 0 saturated carbocycles. The minimum absolute atomic E-state index is 0.0649. The molecule has 8 nitrogen and oxygen atoms in total. The molecule has 0 unspecified atom stereocenters. The Morgan fingerprint density at radius 2 is 1.39 bits per heavy atom. The third kappa shape index (κ3) is 6.79. The van der Waals surface area contributed by atoms with E-state index in [2.05, 4.69) is 51.6 Å². The number of rotatable bonds is 10. The number of esters is 2. The predicted octanol–water partition coefficient (Wildman–Crippen LogP) is 4.42. The van der Waals surface area contributed by atoms with Crippen molar-refractivity contribution in [2.75, 3.05) is 20.8 Å². The van der Waals surface area contributed by atoms with Crippen LogP contribution in [0, 0.1) is 17.8 Å². The van der Waals surface area contributed by atoms with E-state index in [0.717, 1.165) is 10.4 Å². The van der Waals surface area contributed by atoms with Crippen LogP contribution in [0.3, 0.4) is 0 Å². The Hall–Kier alpha value is -3.69. The lowest BCUT2D eigenvalue weighted by Gasteiger charge is -2.47. The molecule has 0 N–H and O–H groups in total. The maximum atomic E-state index is 13.3. The fourth-order valence-corrected chi connectivity index (χ4v) is 10.4. The van der Waals surface area contributed by atoms with Gasteiger partial charge >= 0.3 is 18.1 Å². The molecule has 220 valence electrons. The Labute approximate surface area is 243 Å². The Bertz CT molecular complexity index is 1180. The van der Waals surface area contributed by atoms with E-state index in [1.807, 2.05) is 43.3 Å². The lowest BCUT2D eigenvalue weighted by Crippen LogP contribution is -2.68. The molecule has 0 amide bonds. The van der Waals surface area contributed by atoms with Crippen molar-refractivity contribution in [3.05, 3.63) is 85.5 Å². The molecule has 0 aromatic heterocycles. The molecule has 1 aliphatic rings. The Balaban J connectivity index is 2.12. The molecule has 5 atom stereocenters. The fraction of sp³-hybridized carbons (Fsp3) is 0.406. The van der Waals surface area contributed by atoms with E-state index in [1.165, 1.54) is 20.3 Å². The normalized spacial score (nSPS) is 21.3. The van der Waals surface area contributed by atoms with Crippen LogP contribution in [0.5, 0.6) is 0 Å². The summed E-state index contributed by atoms with van der Waals surface area (Å²) in [6.45, 7) is 11.8. The van der Waals surface area contributed by atoms with E-state index in [1.54, 1.807) is 12.2 Å². The zero-order valence-electron chi connectivity index (χ0n) is 24.6. The maximum Gasteiger partial charge on any atom is 0.509 e. The van der Waals surface area contributed by atoms with E-state index < -0.39 is 56.4 Å². The first-order valence-corrected chi connectivity index (χ1v) is 15.5. The number of ether oxygens (including phenoxy) is 4. The summed E-state index contributed by atoms with van der Waals surface area (Å²) in [6, 6.07) is 20.3. The van der Waals surface area contributed by atoms with Crippen molar-refractivity contribution in [3.8, 4) is 0 Å². The molecule has 3 rings (SSSR count). The fourth-order valence-electron chi connectivity index (χ4n) is 5.66. The lowest BCUT2D eigenvalue weighted by molar-refractivity contribution is -0.166. The monoisotopic (exact) mass is 580 g/mol. The first kappa shape index (κ1) is 31.8. The molecule has 0 saturated heterocycles. The van der Waals surface area contributed by atoms with Crippen LogP contribution >= 0.6 is 0 Å². The largest absolute Gasteiger partial charge is 0.509 e. The summed E-state index contributed by atoms with van der Waals surface area (Å²) in [5.41, 5.74) is 0. The van der Waals surface area contributed by atoms with Crippen LogP contribution in [-0.4, -0.2) is 59.4 Å². The number of hydrogen-bond acceptors (Lipinski definition) is 8. The predicted molar refractivity (Wildman–Crippen MR) is 158 cm³/mol. The first-order chi connectivity index (χ1) is 19.5. The van der Waals surface area contributed by atoms with Gasteiger partial charge in [-0.2, -0.15) is 0 Å².